The number of hydrogen-bond acceptors (Lipinski definition) is 6. The van der Waals surface area contributed by atoms with E-state index >= 15 is 0 Å². The summed E-state index contributed by atoms with van der Waals surface area (Å²) < 4.78 is 5.71. The van der Waals surface area contributed by atoms with Crippen LogP contribution in [0.1, 0.15) is 30.4 Å². The summed E-state index contributed by atoms with van der Waals surface area (Å²) in [4.78, 5) is 22.3. The van der Waals surface area contributed by atoms with Crippen molar-refractivity contribution in [3.05, 3.63) is 35.4 Å². The highest BCUT2D eigenvalue weighted by molar-refractivity contribution is 8.15. The molecule has 2 N–H and O–H groups in total. The zero-order valence-electron chi connectivity index (χ0n) is 13.6. The summed E-state index contributed by atoms with van der Waals surface area (Å²) in [6.07, 6.45) is 3.89. The summed E-state index contributed by atoms with van der Waals surface area (Å²) in [5.41, 5.74) is 1.93. The van der Waals surface area contributed by atoms with Crippen molar-refractivity contribution in [1.29, 1.82) is 0 Å². The van der Waals surface area contributed by atoms with E-state index in [0.29, 0.717) is 17.7 Å². The number of aliphatic carboxylic acids is 1. The number of carbonyl (C=O) groups is 2. The average molecular weight is 361 g/mol. The van der Waals surface area contributed by atoms with Gasteiger partial charge in [0.05, 0.1) is 19.2 Å². The number of carboxylic acids is 1. The predicted molar refractivity (Wildman–Crippen MR) is 95.6 cm³/mol. The summed E-state index contributed by atoms with van der Waals surface area (Å²) in [5, 5.41) is 18.9. The molecule has 1 aromatic carbocycles. The number of nitrogens with one attached hydrogen (secondary N) is 1. The molecule has 1 amide bonds. The fourth-order valence-electron chi connectivity index (χ4n) is 2.30. The van der Waals surface area contributed by atoms with Crippen molar-refractivity contribution in [2.75, 3.05) is 6.61 Å². The molecule has 0 radical (unpaired) electrons. The van der Waals surface area contributed by atoms with Gasteiger partial charge in [0.1, 0.15) is 5.25 Å². The number of amides is 1. The smallest absolute Gasteiger partial charge is 0.305 e. The van der Waals surface area contributed by atoms with Crippen molar-refractivity contribution >= 4 is 35.0 Å². The normalized spacial score (nSPS) is 21.8. The topological polar surface area (TPSA) is 100 Å². The van der Waals surface area contributed by atoms with Gasteiger partial charge in [-0.1, -0.05) is 36.0 Å². The lowest BCUT2D eigenvalue weighted by atomic mass is 10.1. The number of ether oxygens (including phenoxy) is 1. The van der Waals surface area contributed by atoms with Crippen molar-refractivity contribution in [3.8, 4) is 0 Å². The number of thioether (sulfide) groups is 1. The molecular formula is C17H19N3O4S. The number of benzene rings is 1. The molecule has 0 bridgehead atoms. The molecule has 1 aromatic rings. The van der Waals surface area contributed by atoms with Crippen LogP contribution in [0.4, 0.5) is 0 Å². The largest absolute Gasteiger partial charge is 0.481 e. The molecule has 1 aliphatic heterocycles. The van der Waals surface area contributed by atoms with Gasteiger partial charge in [-0.25, -0.2) is 0 Å². The fraction of sp³-hybridized carbons (Fsp3) is 0.412. The standard InChI is InChI=1S/C17H19N3O4S/c21-15(22)7-14-16(23)19-17(25-14)20-18-8-12-3-1-2-4-13(12)10-24-9-11-5-6-11/h1-4,8,11,14H,5-7,9-10H2,(H,21,22)(H,19,20,23). The van der Waals surface area contributed by atoms with E-state index in [2.05, 4.69) is 15.5 Å². The Hall–Kier alpha value is -2.19. The highest BCUT2D eigenvalue weighted by Gasteiger charge is 2.32. The van der Waals surface area contributed by atoms with Crippen LogP contribution >= 0.6 is 11.8 Å². The zero-order valence-corrected chi connectivity index (χ0v) is 14.4. The van der Waals surface area contributed by atoms with Crippen LogP contribution in [0.3, 0.4) is 0 Å². The van der Waals surface area contributed by atoms with E-state index in [9.17, 15) is 9.59 Å². The first-order valence-electron chi connectivity index (χ1n) is 8.08. The van der Waals surface area contributed by atoms with Gasteiger partial charge in [-0.3, -0.25) is 9.59 Å². The molecule has 3 rings (SSSR count). The summed E-state index contributed by atoms with van der Waals surface area (Å²) in [5.74, 6) is -0.651. The fourth-order valence-corrected chi connectivity index (χ4v) is 3.22. The van der Waals surface area contributed by atoms with Gasteiger partial charge in [-0.15, -0.1) is 5.10 Å². The first-order valence-corrected chi connectivity index (χ1v) is 8.96. The number of rotatable bonds is 8. The Balaban J connectivity index is 1.58. The van der Waals surface area contributed by atoms with E-state index in [1.165, 1.54) is 12.8 Å². The Morgan fingerprint density at radius 1 is 1.40 bits per heavy atom. The number of amidine groups is 1. The maximum absolute atomic E-state index is 11.6. The average Bonchev–Trinajstić information content (AvgIpc) is 3.33. The molecule has 1 saturated carbocycles. The van der Waals surface area contributed by atoms with Crippen LogP contribution in [0.15, 0.2) is 34.5 Å². The molecule has 1 saturated heterocycles. The lowest BCUT2D eigenvalue weighted by molar-refractivity contribution is -0.138. The van der Waals surface area contributed by atoms with E-state index in [1.54, 1.807) is 6.21 Å². The number of hydrogen-bond donors (Lipinski definition) is 2. The van der Waals surface area contributed by atoms with Crippen LogP contribution in [-0.2, 0) is 20.9 Å². The van der Waals surface area contributed by atoms with Gasteiger partial charge in [0, 0.05) is 12.2 Å². The van der Waals surface area contributed by atoms with Gasteiger partial charge in [-0.2, -0.15) is 5.10 Å². The molecule has 1 heterocycles. The van der Waals surface area contributed by atoms with E-state index in [1.807, 2.05) is 24.3 Å². The van der Waals surface area contributed by atoms with Crippen molar-refractivity contribution in [2.45, 2.75) is 31.1 Å². The minimum atomic E-state index is -1.02. The van der Waals surface area contributed by atoms with Crippen LogP contribution in [0.5, 0.6) is 0 Å². The second-order valence-electron chi connectivity index (χ2n) is 6.00. The molecule has 1 aliphatic carbocycles. The predicted octanol–water partition coefficient (Wildman–Crippen LogP) is 2.01. The third-order valence-corrected chi connectivity index (χ3v) is 4.92. The van der Waals surface area contributed by atoms with Crippen LogP contribution in [-0.4, -0.2) is 40.2 Å². The Morgan fingerprint density at radius 3 is 2.96 bits per heavy atom. The summed E-state index contributed by atoms with van der Waals surface area (Å²) in [6.45, 7) is 1.32. The molecule has 1 atom stereocenters. The Morgan fingerprint density at radius 2 is 2.20 bits per heavy atom. The molecule has 25 heavy (non-hydrogen) atoms. The van der Waals surface area contributed by atoms with Gasteiger partial charge < -0.3 is 15.2 Å². The first kappa shape index (κ1) is 17.6. The highest BCUT2D eigenvalue weighted by Crippen LogP contribution is 2.29. The quantitative estimate of drug-likeness (QED) is 0.545. The minimum absolute atomic E-state index is 0.236. The van der Waals surface area contributed by atoms with Crippen molar-refractivity contribution in [1.82, 2.24) is 5.32 Å². The highest BCUT2D eigenvalue weighted by atomic mass is 32.2. The lowest BCUT2D eigenvalue weighted by Gasteiger charge is -2.06. The van der Waals surface area contributed by atoms with E-state index < -0.39 is 11.2 Å². The van der Waals surface area contributed by atoms with Crippen molar-refractivity contribution in [2.24, 2.45) is 16.1 Å². The monoisotopic (exact) mass is 361 g/mol. The SMILES string of the molecule is O=C(O)CC1SC(=NN=Cc2ccccc2COCC2CC2)NC1=O. The third-order valence-electron chi connectivity index (χ3n) is 3.84. The number of nitrogens with zero attached hydrogens (tertiary/aromatic N) is 2. The molecule has 1 unspecified atom stereocenters. The third kappa shape index (κ3) is 5.40. The molecular weight excluding hydrogens is 342 g/mol. The van der Waals surface area contributed by atoms with Crippen molar-refractivity contribution < 1.29 is 19.4 Å². The Labute approximate surface area is 149 Å². The minimum Gasteiger partial charge on any atom is -0.481 e. The van der Waals surface area contributed by atoms with Gasteiger partial charge in [-0.05, 0) is 24.3 Å². The number of carbonyl (C=O) groups excluding carboxylic acids is 1. The summed E-state index contributed by atoms with van der Waals surface area (Å²) in [6, 6.07) is 7.76. The van der Waals surface area contributed by atoms with Crippen LogP contribution in [0.2, 0.25) is 0 Å². The van der Waals surface area contributed by atoms with E-state index in [-0.39, 0.29) is 12.3 Å². The molecule has 132 valence electrons. The second kappa shape index (κ2) is 8.26. The Kier molecular flexibility index (Phi) is 5.83. The van der Waals surface area contributed by atoms with Crippen LogP contribution in [0.25, 0.3) is 0 Å². The van der Waals surface area contributed by atoms with E-state index in [0.717, 1.165) is 29.5 Å². The second-order valence-corrected chi connectivity index (χ2v) is 7.19. The maximum Gasteiger partial charge on any atom is 0.305 e. The zero-order chi connectivity index (χ0) is 17.6. The summed E-state index contributed by atoms with van der Waals surface area (Å²) in [7, 11) is 0. The molecule has 0 spiro atoms. The summed E-state index contributed by atoms with van der Waals surface area (Å²) >= 11 is 1.08. The van der Waals surface area contributed by atoms with E-state index in [4.69, 9.17) is 9.84 Å². The van der Waals surface area contributed by atoms with Gasteiger partial charge in [0.2, 0.25) is 5.91 Å². The lowest BCUT2D eigenvalue weighted by Crippen LogP contribution is -2.26. The molecule has 0 aromatic heterocycles. The van der Waals surface area contributed by atoms with Gasteiger partial charge in [0.25, 0.3) is 0 Å². The van der Waals surface area contributed by atoms with Gasteiger partial charge >= 0.3 is 5.97 Å². The number of carboxylic acid groups (broad SMARTS) is 1. The van der Waals surface area contributed by atoms with Crippen molar-refractivity contribution in [3.63, 3.8) is 0 Å². The maximum atomic E-state index is 11.6. The van der Waals surface area contributed by atoms with Crippen LogP contribution < -0.4 is 5.32 Å². The van der Waals surface area contributed by atoms with Gasteiger partial charge in [0.15, 0.2) is 5.17 Å². The first-order chi connectivity index (χ1) is 12.1. The molecule has 2 fully saturated rings. The van der Waals surface area contributed by atoms with Crippen LogP contribution in [0, 0.1) is 5.92 Å². The molecule has 7 nitrogen and oxygen atoms in total. The molecule has 8 heteroatoms. The Bertz CT molecular complexity index is 716. The molecule has 2 aliphatic rings.